The van der Waals surface area contributed by atoms with Crippen molar-refractivity contribution in [2.75, 3.05) is 13.7 Å². The molecule has 7 heteroatoms. The highest BCUT2D eigenvalue weighted by Crippen LogP contribution is 2.31. The van der Waals surface area contributed by atoms with Crippen LogP contribution in [0.1, 0.15) is 39.6 Å². The third-order valence-electron chi connectivity index (χ3n) is 3.36. The molecule has 1 amide bonds. The Morgan fingerprint density at radius 2 is 1.95 bits per heavy atom. The van der Waals surface area contributed by atoms with E-state index >= 15 is 0 Å². The van der Waals surface area contributed by atoms with Crippen LogP contribution >= 0.6 is 11.3 Å². The Morgan fingerprint density at radius 3 is 2.64 bits per heavy atom. The number of esters is 1. The van der Waals surface area contributed by atoms with Crippen molar-refractivity contribution in [2.45, 2.75) is 33.6 Å². The molecule has 1 N–H and O–H groups in total. The number of hydrogen-bond acceptors (Lipinski definition) is 6. The number of thiophene rings is 1. The minimum atomic E-state index is -0.270. The number of carbonyl (C=O) groups excluding carboxylic acids is 2. The van der Waals surface area contributed by atoms with Crippen molar-refractivity contribution < 1.29 is 14.3 Å². The van der Waals surface area contributed by atoms with Gasteiger partial charge in [-0.2, -0.15) is 0 Å². The van der Waals surface area contributed by atoms with Gasteiger partial charge in [0.1, 0.15) is 10.7 Å². The number of fused-ring (bicyclic) bond motifs is 1. The molecule has 0 saturated carbocycles. The van der Waals surface area contributed by atoms with Gasteiger partial charge in [0.25, 0.3) is 5.91 Å². The molecule has 0 fully saturated rings. The van der Waals surface area contributed by atoms with Crippen molar-refractivity contribution in [1.82, 2.24) is 15.3 Å². The fourth-order valence-corrected chi connectivity index (χ4v) is 3.50. The topological polar surface area (TPSA) is 81.2 Å². The second-order valence-corrected chi connectivity index (χ2v) is 6.03. The average Bonchev–Trinajstić information content (AvgIpc) is 2.80. The third kappa shape index (κ3) is 3.41. The van der Waals surface area contributed by atoms with E-state index in [1.165, 1.54) is 18.4 Å². The van der Waals surface area contributed by atoms with E-state index in [1.807, 2.05) is 20.8 Å². The van der Waals surface area contributed by atoms with Gasteiger partial charge in [-0.05, 0) is 32.8 Å². The molecule has 2 rings (SSSR count). The number of rotatable bonds is 5. The molecule has 0 aromatic carbocycles. The number of nitrogens with zero attached hydrogens (tertiary/aromatic N) is 2. The maximum absolute atomic E-state index is 12.3. The Bertz CT molecular complexity index is 724. The van der Waals surface area contributed by atoms with E-state index in [4.69, 9.17) is 0 Å². The second kappa shape index (κ2) is 6.83. The molecule has 0 saturated heterocycles. The van der Waals surface area contributed by atoms with Crippen LogP contribution in [0.5, 0.6) is 0 Å². The van der Waals surface area contributed by atoms with Crippen LogP contribution in [-0.2, 0) is 9.53 Å². The zero-order valence-corrected chi connectivity index (χ0v) is 14.0. The summed E-state index contributed by atoms with van der Waals surface area (Å²) < 4.78 is 4.56. The van der Waals surface area contributed by atoms with Crippen LogP contribution in [0.25, 0.3) is 10.2 Å². The van der Waals surface area contributed by atoms with E-state index in [9.17, 15) is 9.59 Å². The molecule has 2 heterocycles. The highest BCUT2D eigenvalue weighted by molar-refractivity contribution is 7.20. The van der Waals surface area contributed by atoms with Gasteiger partial charge in [0.2, 0.25) is 0 Å². The fourth-order valence-electron chi connectivity index (χ4n) is 2.31. The fraction of sp³-hybridized carbons (Fsp3) is 0.467. The van der Waals surface area contributed by atoms with E-state index in [2.05, 4.69) is 20.0 Å². The Kier molecular flexibility index (Phi) is 5.07. The molecule has 22 heavy (non-hydrogen) atoms. The summed E-state index contributed by atoms with van der Waals surface area (Å²) in [6, 6.07) is 0. The quantitative estimate of drug-likeness (QED) is 0.675. The monoisotopic (exact) mass is 321 g/mol. The number of hydrogen-bond donors (Lipinski definition) is 1. The molecular weight excluding hydrogens is 302 g/mol. The lowest BCUT2D eigenvalue weighted by atomic mass is 10.1. The molecule has 0 radical (unpaired) electrons. The van der Waals surface area contributed by atoms with Crippen LogP contribution in [0.3, 0.4) is 0 Å². The van der Waals surface area contributed by atoms with Gasteiger partial charge in [-0.1, -0.05) is 0 Å². The molecule has 0 bridgehead atoms. The van der Waals surface area contributed by atoms with Crippen LogP contribution in [0.15, 0.2) is 0 Å². The van der Waals surface area contributed by atoms with Gasteiger partial charge >= 0.3 is 5.97 Å². The van der Waals surface area contributed by atoms with Crippen molar-refractivity contribution in [3.05, 3.63) is 22.0 Å². The molecular formula is C15H19N3O3S. The maximum Gasteiger partial charge on any atom is 0.305 e. The molecule has 0 aliphatic carbocycles. The van der Waals surface area contributed by atoms with Gasteiger partial charge in [0, 0.05) is 24.0 Å². The molecule has 2 aromatic rings. The van der Waals surface area contributed by atoms with Crippen LogP contribution in [-0.4, -0.2) is 35.5 Å². The molecule has 118 valence electrons. The zero-order chi connectivity index (χ0) is 16.3. The van der Waals surface area contributed by atoms with Gasteiger partial charge in [-0.3, -0.25) is 9.59 Å². The van der Waals surface area contributed by atoms with E-state index in [1.54, 1.807) is 0 Å². The first-order chi connectivity index (χ1) is 10.4. The third-order valence-corrected chi connectivity index (χ3v) is 4.54. The van der Waals surface area contributed by atoms with Crippen molar-refractivity contribution in [3.8, 4) is 0 Å². The maximum atomic E-state index is 12.3. The SMILES string of the molecule is COC(=O)CCCNC(=O)c1sc2nc(C)nc(C)c2c1C. The number of nitrogens with one attached hydrogen (secondary N) is 1. The molecule has 0 aliphatic heterocycles. The molecule has 0 aliphatic rings. The summed E-state index contributed by atoms with van der Waals surface area (Å²) in [6.07, 6.45) is 0.853. The highest BCUT2D eigenvalue weighted by atomic mass is 32.1. The number of aromatic nitrogens is 2. The summed E-state index contributed by atoms with van der Waals surface area (Å²) in [4.78, 5) is 33.5. The van der Waals surface area contributed by atoms with Crippen LogP contribution < -0.4 is 5.32 Å². The van der Waals surface area contributed by atoms with Crippen molar-refractivity contribution in [1.29, 1.82) is 0 Å². The summed E-state index contributed by atoms with van der Waals surface area (Å²) in [5.41, 5.74) is 1.80. The molecule has 6 nitrogen and oxygen atoms in total. The summed E-state index contributed by atoms with van der Waals surface area (Å²) in [6.45, 7) is 6.11. The van der Waals surface area contributed by atoms with E-state index < -0.39 is 0 Å². The molecule has 0 spiro atoms. The summed E-state index contributed by atoms with van der Waals surface area (Å²) in [5.74, 6) is 0.298. The predicted octanol–water partition coefficient (Wildman–Crippen LogP) is 2.30. The minimum Gasteiger partial charge on any atom is -0.469 e. The minimum absolute atomic E-state index is 0.137. The van der Waals surface area contributed by atoms with Crippen molar-refractivity contribution >= 4 is 33.4 Å². The van der Waals surface area contributed by atoms with Crippen LogP contribution in [0.4, 0.5) is 0 Å². The Labute approximate surface area is 132 Å². The lowest BCUT2D eigenvalue weighted by Crippen LogP contribution is -2.24. The number of carbonyl (C=O) groups is 2. The first-order valence-electron chi connectivity index (χ1n) is 7.03. The van der Waals surface area contributed by atoms with Crippen molar-refractivity contribution in [2.24, 2.45) is 0 Å². The number of amides is 1. The second-order valence-electron chi connectivity index (χ2n) is 5.03. The Hall–Kier alpha value is -2.02. The summed E-state index contributed by atoms with van der Waals surface area (Å²) in [7, 11) is 1.35. The summed E-state index contributed by atoms with van der Waals surface area (Å²) in [5, 5.41) is 3.78. The van der Waals surface area contributed by atoms with Crippen molar-refractivity contribution in [3.63, 3.8) is 0 Å². The number of aryl methyl sites for hydroxylation is 3. The zero-order valence-electron chi connectivity index (χ0n) is 13.1. The molecule has 2 aromatic heterocycles. The van der Waals surface area contributed by atoms with Gasteiger partial charge in [-0.25, -0.2) is 9.97 Å². The summed E-state index contributed by atoms with van der Waals surface area (Å²) >= 11 is 1.37. The lowest BCUT2D eigenvalue weighted by molar-refractivity contribution is -0.140. The smallest absolute Gasteiger partial charge is 0.305 e. The van der Waals surface area contributed by atoms with E-state index in [0.29, 0.717) is 30.1 Å². The largest absolute Gasteiger partial charge is 0.469 e. The number of methoxy groups -OCH3 is 1. The number of ether oxygens (including phenoxy) is 1. The van der Waals surface area contributed by atoms with Gasteiger partial charge in [0.15, 0.2) is 0 Å². The van der Waals surface area contributed by atoms with Crippen LogP contribution in [0, 0.1) is 20.8 Å². The van der Waals surface area contributed by atoms with Gasteiger partial charge in [-0.15, -0.1) is 11.3 Å². The Balaban J connectivity index is 2.10. The van der Waals surface area contributed by atoms with Gasteiger partial charge < -0.3 is 10.1 Å². The Morgan fingerprint density at radius 1 is 1.23 bits per heavy atom. The van der Waals surface area contributed by atoms with Gasteiger partial charge in [0.05, 0.1) is 12.0 Å². The standard InChI is InChI=1S/C15H19N3O3S/c1-8-12-9(2)17-10(3)18-15(12)22-13(8)14(20)16-7-5-6-11(19)21-4/h5-7H2,1-4H3,(H,16,20). The molecule has 0 unspecified atom stereocenters. The molecule has 0 atom stereocenters. The van der Waals surface area contributed by atoms with Crippen LogP contribution in [0.2, 0.25) is 0 Å². The first kappa shape index (κ1) is 16.4. The highest BCUT2D eigenvalue weighted by Gasteiger charge is 2.18. The lowest BCUT2D eigenvalue weighted by Gasteiger charge is -2.04. The predicted molar refractivity (Wildman–Crippen MR) is 85.2 cm³/mol. The first-order valence-corrected chi connectivity index (χ1v) is 7.85. The normalized spacial score (nSPS) is 10.7. The average molecular weight is 321 g/mol. The van der Waals surface area contributed by atoms with E-state index in [-0.39, 0.29) is 11.9 Å². The van der Waals surface area contributed by atoms with E-state index in [0.717, 1.165) is 21.5 Å².